The Morgan fingerprint density at radius 1 is 1.20 bits per heavy atom. The van der Waals surface area contributed by atoms with Crippen molar-refractivity contribution < 1.29 is 9.59 Å². The smallest absolute Gasteiger partial charge is 0.256 e. The van der Waals surface area contributed by atoms with E-state index in [0.29, 0.717) is 5.56 Å². The number of rotatable bonds is 3. The zero-order valence-corrected chi connectivity index (χ0v) is 15.5. The number of likely N-dealkylation sites (N-methyl/N-ethyl adjacent to an activating group) is 1. The lowest BCUT2D eigenvalue weighted by Crippen LogP contribution is -2.46. The fourth-order valence-corrected chi connectivity index (χ4v) is 3.56. The predicted octanol–water partition coefficient (Wildman–Crippen LogP) is 3.03. The highest BCUT2D eigenvalue weighted by Gasteiger charge is 2.23. The summed E-state index contributed by atoms with van der Waals surface area (Å²) in [5.74, 6) is -0.283. The molecule has 0 saturated heterocycles. The number of nitrogens with one attached hydrogen (secondary N) is 2. The van der Waals surface area contributed by atoms with Crippen molar-refractivity contribution in [3.05, 3.63) is 35.0 Å². The van der Waals surface area contributed by atoms with Gasteiger partial charge in [0.2, 0.25) is 5.91 Å². The molecule has 0 bridgehead atoms. The van der Waals surface area contributed by atoms with Crippen LogP contribution in [0.25, 0.3) is 10.9 Å². The average Bonchev–Trinajstić information content (AvgIpc) is 2.90. The fraction of sp³-hybridized carbons (Fsp3) is 0.500. The van der Waals surface area contributed by atoms with Crippen LogP contribution in [0.15, 0.2) is 18.2 Å². The first-order chi connectivity index (χ1) is 11.8. The molecule has 5 heteroatoms. The molecule has 25 heavy (non-hydrogen) atoms. The maximum atomic E-state index is 12.9. The van der Waals surface area contributed by atoms with Crippen LogP contribution in [0, 0.1) is 0 Å². The number of H-pyrrole nitrogens is 1. The van der Waals surface area contributed by atoms with E-state index >= 15 is 0 Å². The summed E-state index contributed by atoms with van der Waals surface area (Å²) >= 11 is 0. The number of carbonyl (C=O) groups is 2. The van der Waals surface area contributed by atoms with Gasteiger partial charge in [0, 0.05) is 23.7 Å². The predicted molar refractivity (Wildman–Crippen MR) is 99.8 cm³/mol. The van der Waals surface area contributed by atoms with E-state index < -0.39 is 0 Å². The minimum absolute atomic E-state index is 0.0485. The number of para-hydroxylation sites is 1. The van der Waals surface area contributed by atoms with Crippen LogP contribution >= 0.6 is 0 Å². The molecule has 1 aliphatic rings. The van der Waals surface area contributed by atoms with Crippen molar-refractivity contribution in [2.75, 3.05) is 13.6 Å². The van der Waals surface area contributed by atoms with E-state index in [9.17, 15) is 9.59 Å². The van der Waals surface area contributed by atoms with Crippen LogP contribution in [-0.4, -0.2) is 40.8 Å². The summed E-state index contributed by atoms with van der Waals surface area (Å²) in [7, 11) is 1.67. The van der Waals surface area contributed by atoms with Gasteiger partial charge >= 0.3 is 0 Å². The molecule has 0 atom stereocenters. The third-order valence-corrected chi connectivity index (χ3v) is 4.61. The molecular weight excluding hydrogens is 314 g/mol. The van der Waals surface area contributed by atoms with Gasteiger partial charge in [0.25, 0.3) is 5.91 Å². The number of nitrogens with zero attached hydrogens (tertiary/aromatic N) is 1. The number of carbonyl (C=O) groups excluding carboxylic acids is 2. The quantitative estimate of drug-likeness (QED) is 0.901. The number of hydrogen-bond acceptors (Lipinski definition) is 2. The molecule has 0 saturated carbocycles. The van der Waals surface area contributed by atoms with Crippen LogP contribution in [0.1, 0.15) is 55.2 Å². The minimum atomic E-state index is -0.306. The summed E-state index contributed by atoms with van der Waals surface area (Å²) in [5, 5.41) is 4.04. The highest BCUT2D eigenvalue weighted by atomic mass is 16.2. The van der Waals surface area contributed by atoms with E-state index in [0.717, 1.165) is 23.7 Å². The molecular formula is C20H27N3O2. The maximum Gasteiger partial charge on any atom is 0.256 e. The molecule has 0 unspecified atom stereocenters. The monoisotopic (exact) mass is 341 g/mol. The van der Waals surface area contributed by atoms with Crippen molar-refractivity contribution in [1.29, 1.82) is 0 Å². The zero-order chi connectivity index (χ0) is 18.2. The Hall–Kier alpha value is -2.30. The van der Waals surface area contributed by atoms with Crippen LogP contribution in [-0.2, 0) is 17.6 Å². The number of benzene rings is 1. The van der Waals surface area contributed by atoms with E-state index in [4.69, 9.17) is 0 Å². The molecule has 5 nitrogen and oxygen atoms in total. The van der Waals surface area contributed by atoms with E-state index in [1.54, 1.807) is 7.05 Å². The second kappa shape index (κ2) is 6.54. The minimum Gasteiger partial charge on any atom is -0.358 e. The lowest BCUT2D eigenvalue weighted by atomic mass is 9.95. The highest BCUT2D eigenvalue weighted by molar-refractivity contribution is 6.07. The van der Waals surface area contributed by atoms with Crippen LogP contribution in [0.3, 0.4) is 0 Å². The first-order valence-electron chi connectivity index (χ1n) is 8.95. The number of amides is 2. The van der Waals surface area contributed by atoms with E-state index in [-0.39, 0.29) is 23.9 Å². The molecule has 0 spiro atoms. The molecule has 3 rings (SSSR count). The van der Waals surface area contributed by atoms with Crippen molar-refractivity contribution in [2.24, 2.45) is 0 Å². The largest absolute Gasteiger partial charge is 0.358 e. The average molecular weight is 341 g/mol. The lowest BCUT2D eigenvalue weighted by Gasteiger charge is -2.23. The Balaban J connectivity index is 1.85. The van der Waals surface area contributed by atoms with Gasteiger partial charge in [-0.15, -0.1) is 0 Å². The van der Waals surface area contributed by atoms with Gasteiger partial charge in [0.15, 0.2) is 0 Å². The number of aromatic amines is 1. The maximum absolute atomic E-state index is 12.9. The van der Waals surface area contributed by atoms with Gasteiger partial charge in [-0.1, -0.05) is 12.1 Å². The SMILES string of the molecule is CN(CC(=O)NC(C)(C)C)C(=O)c1cccc2c3c([nH]c12)CCCC3. The topological polar surface area (TPSA) is 65.2 Å². The summed E-state index contributed by atoms with van der Waals surface area (Å²) in [4.78, 5) is 30.0. The van der Waals surface area contributed by atoms with E-state index in [1.165, 1.54) is 29.0 Å². The Labute approximate surface area is 148 Å². The molecule has 2 aromatic rings. The van der Waals surface area contributed by atoms with Gasteiger partial charge in [0.1, 0.15) is 0 Å². The Morgan fingerprint density at radius 2 is 1.92 bits per heavy atom. The van der Waals surface area contributed by atoms with Crippen molar-refractivity contribution in [2.45, 2.75) is 52.0 Å². The second-order valence-electron chi connectivity index (χ2n) is 7.98. The molecule has 2 amide bonds. The normalized spacial score (nSPS) is 14.2. The molecule has 0 aliphatic heterocycles. The van der Waals surface area contributed by atoms with Crippen LogP contribution in [0.5, 0.6) is 0 Å². The molecule has 1 aromatic heterocycles. The summed E-state index contributed by atoms with van der Waals surface area (Å²) in [5.41, 5.74) is 3.85. The first kappa shape index (κ1) is 17.5. The second-order valence-corrected chi connectivity index (χ2v) is 7.98. The van der Waals surface area contributed by atoms with Crippen molar-refractivity contribution in [1.82, 2.24) is 15.2 Å². The van der Waals surface area contributed by atoms with Crippen molar-refractivity contribution in [3.8, 4) is 0 Å². The Morgan fingerprint density at radius 3 is 2.64 bits per heavy atom. The molecule has 1 aliphatic carbocycles. The Kier molecular flexibility index (Phi) is 4.58. The number of aryl methyl sites for hydroxylation is 2. The third kappa shape index (κ3) is 3.70. The standard InChI is InChI=1S/C20H27N3O2/c1-20(2,3)22-17(24)12-23(4)19(25)15-10-7-9-14-13-8-5-6-11-16(13)21-18(14)15/h7,9-10,21H,5-6,8,11-12H2,1-4H3,(H,22,24). The lowest BCUT2D eigenvalue weighted by molar-refractivity contribution is -0.122. The Bertz CT molecular complexity index is 814. The summed E-state index contributed by atoms with van der Waals surface area (Å²) in [6, 6.07) is 5.85. The molecule has 1 heterocycles. The third-order valence-electron chi connectivity index (χ3n) is 4.61. The van der Waals surface area contributed by atoms with Gasteiger partial charge in [0.05, 0.1) is 17.6 Å². The zero-order valence-electron chi connectivity index (χ0n) is 15.5. The number of aromatic nitrogens is 1. The molecule has 0 radical (unpaired) electrons. The van der Waals surface area contributed by atoms with Gasteiger partial charge in [-0.3, -0.25) is 9.59 Å². The first-order valence-corrected chi connectivity index (χ1v) is 8.95. The molecule has 134 valence electrons. The van der Waals surface area contributed by atoms with Crippen molar-refractivity contribution >= 4 is 22.7 Å². The van der Waals surface area contributed by atoms with Gasteiger partial charge in [-0.05, 0) is 58.1 Å². The van der Waals surface area contributed by atoms with E-state index in [1.807, 2.05) is 32.9 Å². The van der Waals surface area contributed by atoms with Gasteiger partial charge < -0.3 is 15.2 Å². The molecule has 1 aromatic carbocycles. The van der Waals surface area contributed by atoms with Crippen LogP contribution < -0.4 is 5.32 Å². The van der Waals surface area contributed by atoms with Gasteiger partial charge in [-0.2, -0.15) is 0 Å². The number of fused-ring (bicyclic) bond motifs is 3. The van der Waals surface area contributed by atoms with Gasteiger partial charge in [-0.25, -0.2) is 0 Å². The number of hydrogen-bond donors (Lipinski definition) is 2. The van der Waals surface area contributed by atoms with Crippen LogP contribution in [0.4, 0.5) is 0 Å². The summed E-state index contributed by atoms with van der Waals surface area (Å²) < 4.78 is 0. The highest BCUT2D eigenvalue weighted by Crippen LogP contribution is 2.31. The summed E-state index contributed by atoms with van der Waals surface area (Å²) in [6.07, 6.45) is 4.50. The summed E-state index contributed by atoms with van der Waals surface area (Å²) in [6.45, 7) is 5.83. The molecule has 0 fully saturated rings. The fourth-order valence-electron chi connectivity index (χ4n) is 3.56. The van der Waals surface area contributed by atoms with Crippen molar-refractivity contribution in [3.63, 3.8) is 0 Å². The van der Waals surface area contributed by atoms with Crippen LogP contribution in [0.2, 0.25) is 0 Å². The van der Waals surface area contributed by atoms with E-state index in [2.05, 4.69) is 16.4 Å². The molecule has 2 N–H and O–H groups in total.